The van der Waals surface area contributed by atoms with Crippen LogP contribution in [0.3, 0.4) is 0 Å². The number of halogens is 1. The Hall–Kier alpha value is -2.56. The van der Waals surface area contributed by atoms with E-state index in [4.69, 9.17) is 14.2 Å². The molecule has 0 amide bonds. The van der Waals surface area contributed by atoms with Crippen LogP contribution in [0.5, 0.6) is 17.2 Å². The van der Waals surface area contributed by atoms with Crippen LogP contribution in [0.2, 0.25) is 0 Å². The highest BCUT2D eigenvalue weighted by molar-refractivity contribution is 5.91. The number of unbranched alkanes of at least 4 members (excludes halogenated alkanes) is 9. The summed E-state index contributed by atoms with van der Waals surface area (Å²) in [6, 6.07) is 11.3. The largest absolute Gasteiger partial charge is 0.494 e. The van der Waals surface area contributed by atoms with Gasteiger partial charge in [0.15, 0.2) is 11.6 Å². The molecule has 0 aromatic heterocycles. The molecule has 4 nitrogen and oxygen atoms in total. The van der Waals surface area contributed by atoms with E-state index in [0.717, 1.165) is 36.8 Å². The van der Waals surface area contributed by atoms with Gasteiger partial charge in [0.05, 0.1) is 18.8 Å². The van der Waals surface area contributed by atoms with Crippen LogP contribution in [-0.2, 0) is 0 Å². The summed E-state index contributed by atoms with van der Waals surface area (Å²) in [6.07, 6.45) is 22.9. The average Bonchev–Trinajstić information content (AvgIpc) is 3.00. The van der Waals surface area contributed by atoms with Crippen LogP contribution in [0.1, 0.15) is 140 Å². The maximum Gasteiger partial charge on any atom is 0.343 e. The first-order valence-corrected chi connectivity index (χ1v) is 17.0. The molecule has 0 atom stereocenters. The molecule has 0 spiro atoms. The summed E-state index contributed by atoms with van der Waals surface area (Å²) in [4.78, 5) is 12.6. The zero-order chi connectivity index (χ0) is 29.8. The summed E-state index contributed by atoms with van der Waals surface area (Å²) in [7, 11) is 0. The standard InChI is InChI=1S/C37H55FO4/c1-3-5-6-7-8-9-10-11-12-13-27-41-36-26-21-32(29-35(36)38)37(39)42-34-24-22-33(23-25-34)40-28-14-16-31-19-17-30(15-4-2)18-20-31/h21-26,29-31H,3-20,27-28H2,1-2H3/t30-,31-. The van der Waals surface area contributed by atoms with Crippen molar-refractivity contribution in [3.05, 3.63) is 53.8 Å². The molecule has 234 valence electrons. The number of carbonyl (C=O) groups excluding carboxylic acids is 1. The van der Waals surface area contributed by atoms with E-state index < -0.39 is 11.8 Å². The zero-order valence-corrected chi connectivity index (χ0v) is 26.3. The van der Waals surface area contributed by atoms with Crippen LogP contribution in [0, 0.1) is 17.7 Å². The number of hydrogen-bond acceptors (Lipinski definition) is 4. The van der Waals surface area contributed by atoms with E-state index in [1.165, 1.54) is 108 Å². The quantitative estimate of drug-likeness (QED) is 0.0834. The lowest BCUT2D eigenvalue weighted by atomic mass is 9.78. The third-order valence-corrected chi connectivity index (χ3v) is 8.65. The predicted octanol–water partition coefficient (Wildman–Crippen LogP) is 11.1. The number of rotatable bonds is 21. The van der Waals surface area contributed by atoms with Gasteiger partial charge in [0.25, 0.3) is 0 Å². The van der Waals surface area contributed by atoms with Crippen molar-refractivity contribution in [1.82, 2.24) is 0 Å². The molecule has 0 bridgehead atoms. The predicted molar refractivity (Wildman–Crippen MR) is 170 cm³/mol. The Morgan fingerprint density at radius 3 is 1.86 bits per heavy atom. The molecule has 0 radical (unpaired) electrons. The molecule has 0 aliphatic heterocycles. The van der Waals surface area contributed by atoms with Crippen molar-refractivity contribution < 1.29 is 23.4 Å². The van der Waals surface area contributed by atoms with Crippen molar-refractivity contribution in [3.63, 3.8) is 0 Å². The molecule has 3 rings (SSSR count). The van der Waals surface area contributed by atoms with Gasteiger partial charge in [-0.05, 0) is 73.6 Å². The van der Waals surface area contributed by atoms with Crippen LogP contribution >= 0.6 is 0 Å². The minimum atomic E-state index is -0.600. The third-order valence-electron chi connectivity index (χ3n) is 8.65. The number of hydrogen-bond donors (Lipinski definition) is 0. The van der Waals surface area contributed by atoms with Crippen molar-refractivity contribution in [3.8, 4) is 17.2 Å². The summed E-state index contributed by atoms with van der Waals surface area (Å²) < 4.78 is 31.6. The van der Waals surface area contributed by atoms with Crippen molar-refractivity contribution in [2.45, 2.75) is 129 Å². The normalized spacial score (nSPS) is 16.7. The second-order valence-electron chi connectivity index (χ2n) is 12.2. The lowest BCUT2D eigenvalue weighted by Gasteiger charge is -2.28. The number of carbonyl (C=O) groups is 1. The lowest BCUT2D eigenvalue weighted by molar-refractivity contribution is 0.0734. The number of ether oxygens (including phenoxy) is 3. The molecule has 1 aliphatic carbocycles. The highest BCUT2D eigenvalue weighted by atomic mass is 19.1. The fraction of sp³-hybridized carbons (Fsp3) is 0.649. The molecule has 2 aromatic rings. The van der Waals surface area contributed by atoms with Gasteiger partial charge in [-0.1, -0.05) is 110 Å². The van der Waals surface area contributed by atoms with Crippen molar-refractivity contribution in [2.24, 2.45) is 11.8 Å². The second kappa shape index (κ2) is 20.4. The third kappa shape index (κ3) is 13.2. The van der Waals surface area contributed by atoms with Crippen LogP contribution in [0.4, 0.5) is 4.39 Å². The second-order valence-corrected chi connectivity index (χ2v) is 12.2. The Bertz CT molecular complexity index is 997. The molecule has 1 aliphatic rings. The minimum absolute atomic E-state index is 0.155. The van der Waals surface area contributed by atoms with Gasteiger partial charge in [-0.2, -0.15) is 0 Å². The van der Waals surface area contributed by atoms with Crippen LogP contribution < -0.4 is 14.2 Å². The molecule has 0 unspecified atom stereocenters. The number of benzene rings is 2. The summed E-state index contributed by atoms with van der Waals surface area (Å²) in [5, 5.41) is 0. The highest BCUT2D eigenvalue weighted by Gasteiger charge is 2.20. The van der Waals surface area contributed by atoms with Gasteiger partial charge < -0.3 is 14.2 Å². The van der Waals surface area contributed by atoms with E-state index in [2.05, 4.69) is 13.8 Å². The van der Waals surface area contributed by atoms with Crippen LogP contribution in [-0.4, -0.2) is 19.2 Å². The Morgan fingerprint density at radius 2 is 1.24 bits per heavy atom. The van der Waals surface area contributed by atoms with E-state index in [1.54, 1.807) is 18.2 Å². The lowest BCUT2D eigenvalue weighted by Crippen LogP contribution is -2.15. The van der Waals surface area contributed by atoms with Crippen molar-refractivity contribution in [1.29, 1.82) is 0 Å². The van der Waals surface area contributed by atoms with Crippen LogP contribution in [0.15, 0.2) is 42.5 Å². The SMILES string of the molecule is CCCCCCCCCCCCOc1ccc(C(=O)Oc2ccc(OCCC[C@H]3CC[C@H](CCC)CC3)cc2)cc1F. The molecular formula is C37H55FO4. The van der Waals surface area contributed by atoms with Gasteiger partial charge in [0, 0.05) is 0 Å². The molecule has 0 saturated heterocycles. The fourth-order valence-corrected chi connectivity index (χ4v) is 6.07. The highest BCUT2D eigenvalue weighted by Crippen LogP contribution is 2.33. The molecule has 1 fully saturated rings. The van der Waals surface area contributed by atoms with Gasteiger partial charge in [-0.3, -0.25) is 0 Å². The van der Waals surface area contributed by atoms with Gasteiger partial charge in [0.2, 0.25) is 0 Å². The molecular weight excluding hydrogens is 527 g/mol. The smallest absolute Gasteiger partial charge is 0.343 e. The van der Waals surface area contributed by atoms with Crippen molar-refractivity contribution >= 4 is 5.97 Å². The molecule has 5 heteroatoms. The topological polar surface area (TPSA) is 44.8 Å². The van der Waals surface area contributed by atoms with Crippen molar-refractivity contribution in [2.75, 3.05) is 13.2 Å². The van der Waals surface area contributed by atoms with E-state index >= 15 is 0 Å². The first-order valence-electron chi connectivity index (χ1n) is 17.0. The Labute approximate surface area is 254 Å². The summed E-state index contributed by atoms with van der Waals surface area (Å²) >= 11 is 0. The van der Waals surface area contributed by atoms with E-state index in [9.17, 15) is 9.18 Å². The first-order chi connectivity index (χ1) is 20.6. The molecule has 0 heterocycles. The summed E-state index contributed by atoms with van der Waals surface area (Å²) in [5.41, 5.74) is 0.155. The van der Waals surface area contributed by atoms with Crippen LogP contribution in [0.25, 0.3) is 0 Å². The first kappa shape index (κ1) is 33.9. The van der Waals surface area contributed by atoms with Gasteiger partial charge in [-0.15, -0.1) is 0 Å². The summed E-state index contributed by atoms with van der Waals surface area (Å²) in [5.74, 6) is 1.99. The summed E-state index contributed by atoms with van der Waals surface area (Å²) in [6.45, 7) is 5.70. The molecule has 42 heavy (non-hydrogen) atoms. The Kier molecular flexibility index (Phi) is 16.5. The molecule has 0 N–H and O–H groups in total. The molecule has 1 saturated carbocycles. The minimum Gasteiger partial charge on any atom is -0.494 e. The van der Waals surface area contributed by atoms with Gasteiger partial charge in [0.1, 0.15) is 11.5 Å². The Morgan fingerprint density at radius 1 is 0.667 bits per heavy atom. The molecule has 2 aromatic carbocycles. The van der Waals surface area contributed by atoms with Gasteiger partial charge in [-0.25, -0.2) is 9.18 Å². The maximum absolute atomic E-state index is 14.6. The number of esters is 1. The zero-order valence-electron chi connectivity index (χ0n) is 26.3. The van der Waals surface area contributed by atoms with Gasteiger partial charge >= 0.3 is 5.97 Å². The maximum atomic E-state index is 14.6. The monoisotopic (exact) mass is 582 g/mol. The fourth-order valence-electron chi connectivity index (χ4n) is 6.07. The average molecular weight is 583 g/mol. The van der Waals surface area contributed by atoms with E-state index in [1.807, 2.05) is 12.1 Å². The Balaban J connectivity index is 1.28. The van der Waals surface area contributed by atoms with E-state index in [0.29, 0.717) is 19.0 Å². The van der Waals surface area contributed by atoms with E-state index in [-0.39, 0.29) is 11.3 Å².